The topological polar surface area (TPSA) is 32.3 Å². The molecule has 1 saturated carbocycles. The third kappa shape index (κ3) is 3.17. The van der Waals surface area contributed by atoms with Gasteiger partial charge < -0.3 is 10.4 Å². The van der Waals surface area contributed by atoms with Gasteiger partial charge in [-0.15, -0.1) is 0 Å². The zero-order valence-electron chi connectivity index (χ0n) is 8.71. The highest BCUT2D eigenvalue weighted by molar-refractivity contribution is 4.87. The van der Waals surface area contributed by atoms with E-state index in [1.54, 1.807) is 0 Å². The smallest absolute Gasteiger partial charge is 0.265 e. The Morgan fingerprint density at radius 1 is 1.36 bits per heavy atom. The summed E-state index contributed by atoms with van der Waals surface area (Å²) in [7, 11) is 0. The predicted octanol–water partition coefficient (Wildman–Crippen LogP) is 1.64. The summed E-state index contributed by atoms with van der Waals surface area (Å²) < 4.78 is 23.8. The van der Waals surface area contributed by atoms with Crippen molar-refractivity contribution in [2.45, 2.75) is 45.3 Å². The molecule has 1 aliphatic rings. The van der Waals surface area contributed by atoms with Gasteiger partial charge in [0.1, 0.15) is 6.10 Å². The SMILES string of the molecule is CC(C)C1CC(NCC(O)C(F)F)C1. The number of aliphatic hydroxyl groups is 1. The molecule has 2 nitrogen and oxygen atoms in total. The number of hydrogen-bond acceptors (Lipinski definition) is 2. The monoisotopic (exact) mass is 207 g/mol. The number of alkyl halides is 2. The first-order chi connectivity index (χ1) is 6.50. The van der Waals surface area contributed by atoms with Gasteiger partial charge in [0.2, 0.25) is 0 Å². The zero-order chi connectivity index (χ0) is 10.7. The largest absolute Gasteiger partial charge is 0.386 e. The number of aliphatic hydroxyl groups excluding tert-OH is 1. The second kappa shape index (κ2) is 5.03. The molecule has 4 heteroatoms. The summed E-state index contributed by atoms with van der Waals surface area (Å²) in [5.74, 6) is 1.39. The Bertz CT molecular complexity index is 170. The van der Waals surface area contributed by atoms with Crippen LogP contribution >= 0.6 is 0 Å². The predicted molar refractivity (Wildman–Crippen MR) is 51.4 cm³/mol. The molecule has 1 unspecified atom stereocenters. The van der Waals surface area contributed by atoms with Crippen LogP contribution in [0.4, 0.5) is 8.78 Å². The van der Waals surface area contributed by atoms with Crippen molar-refractivity contribution in [3.63, 3.8) is 0 Å². The number of halogens is 2. The Balaban J connectivity index is 2.06. The highest BCUT2D eigenvalue weighted by Gasteiger charge is 2.31. The second-order valence-electron chi connectivity index (χ2n) is 4.48. The van der Waals surface area contributed by atoms with Gasteiger partial charge in [-0.2, -0.15) is 0 Å². The third-order valence-corrected chi connectivity index (χ3v) is 3.02. The molecular weight excluding hydrogens is 188 g/mol. The van der Waals surface area contributed by atoms with Crippen LogP contribution in [0, 0.1) is 11.8 Å². The lowest BCUT2D eigenvalue weighted by molar-refractivity contribution is -0.00796. The van der Waals surface area contributed by atoms with Gasteiger partial charge in [-0.25, -0.2) is 8.78 Å². The summed E-state index contributed by atoms with van der Waals surface area (Å²) in [6, 6.07) is 0.329. The van der Waals surface area contributed by atoms with Crippen LogP contribution in [-0.4, -0.2) is 30.2 Å². The Morgan fingerprint density at radius 2 is 1.93 bits per heavy atom. The standard InChI is InChI=1S/C10H19F2NO/c1-6(2)7-3-8(4-7)13-5-9(14)10(11)12/h6-10,13-14H,3-5H2,1-2H3. The normalized spacial score (nSPS) is 29.4. The Hall–Kier alpha value is -0.220. The minimum atomic E-state index is -2.64. The Kier molecular flexibility index (Phi) is 4.26. The molecule has 1 fully saturated rings. The van der Waals surface area contributed by atoms with Gasteiger partial charge in [-0.3, -0.25) is 0 Å². The highest BCUT2D eigenvalue weighted by Crippen LogP contribution is 2.33. The minimum absolute atomic E-state index is 0.00709. The number of nitrogens with one attached hydrogen (secondary N) is 1. The van der Waals surface area contributed by atoms with Crippen molar-refractivity contribution >= 4 is 0 Å². The molecule has 0 amide bonds. The van der Waals surface area contributed by atoms with E-state index < -0.39 is 12.5 Å². The molecule has 1 rings (SSSR count). The van der Waals surface area contributed by atoms with E-state index in [2.05, 4.69) is 19.2 Å². The summed E-state index contributed by atoms with van der Waals surface area (Å²) in [6.45, 7) is 4.36. The first kappa shape index (κ1) is 11.9. The molecule has 1 atom stereocenters. The maximum absolute atomic E-state index is 11.9. The maximum Gasteiger partial charge on any atom is 0.265 e. The molecule has 14 heavy (non-hydrogen) atoms. The minimum Gasteiger partial charge on any atom is -0.386 e. The van der Waals surface area contributed by atoms with Crippen LogP contribution < -0.4 is 5.32 Å². The van der Waals surface area contributed by atoms with E-state index in [4.69, 9.17) is 5.11 Å². The molecule has 0 saturated heterocycles. The van der Waals surface area contributed by atoms with Crippen LogP contribution in [-0.2, 0) is 0 Å². The van der Waals surface area contributed by atoms with Gasteiger partial charge in [0.25, 0.3) is 6.43 Å². The molecule has 0 spiro atoms. The molecule has 0 aliphatic heterocycles. The average Bonchev–Trinajstić information content (AvgIpc) is 1.99. The molecule has 0 aromatic carbocycles. The molecule has 0 heterocycles. The summed E-state index contributed by atoms with van der Waals surface area (Å²) in [6.07, 6.45) is -2.06. The molecule has 0 aromatic rings. The quantitative estimate of drug-likeness (QED) is 0.718. The van der Waals surface area contributed by atoms with E-state index >= 15 is 0 Å². The van der Waals surface area contributed by atoms with Crippen molar-refractivity contribution in [3.8, 4) is 0 Å². The van der Waals surface area contributed by atoms with Crippen molar-refractivity contribution in [2.75, 3.05) is 6.54 Å². The van der Waals surface area contributed by atoms with Crippen molar-refractivity contribution in [1.29, 1.82) is 0 Å². The van der Waals surface area contributed by atoms with Gasteiger partial charge in [0.05, 0.1) is 0 Å². The second-order valence-corrected chi connectivity index (χ2v) is 4.48. The van der Waals surface area contributed by atoms with Gasteiger partial charge in [0.15, 0.2) is 0 Å². The lowest BCUT2D eigenvalue weighted by Gasteiger charge is -2.39. The van der Waals surface area contributed by atoms with Crippen molar-refractivity contribution < 1.29 is 13.9 Å². The van der Waals surface area contributed by atoms with Crippen LogP contribution in [0.2, 0.25) is 0 Å². The zero-order valence-corrected chi connectivity index (χ0v) is 8.71. The molecule has 2 N–H and O–H groups in total. The van der Waals surface area contributed by atoms with Gasteiger partial charge >= 0.3 is 0 Å². The molecule has 84 valence electrons. The van der Waals surface area contributed by atoms with Gasteiger partial charge in [-0.1, -0.05) is 13.8 Å². The first-order valence-electron chi connectivity index (χ1n) is 5.20. The molecule has 0 radical (unpaired) electrons. The van der Waals surface area contributed by atoms with E-state index in [1.807, 2.05) is 0 Å². The van der Waals surface area contributed by atoms with E-state index in [-0.39, 0.29) is 6.54 Å². The summed E-state index contributed by atoms with van der Waals surface area (Å²) in [5, 5.41) is 11.8. The van der Waals surface area contributed by atoms with Crippen molar-refractivity contribution in [2.24, 2.45) is 11.8 Å². The number of hydrogen-bond donors (Lipinski definition) is 2. The van der Waals surface area contributed by atoms with Crippen LogP contribution in [0.1, 0.15) is 26.7 Å². The van der Waals surface area contributed by atoms with E-state index in [0.717, 1.165) is 18.8 Å². The molecule has 1 aliphatic carbocycles. The van der Waals surface area contributed by atoms with Crippen molar-refractivity contribution in [1.82, 2.24) is 5.32 Å². The van der Waals surface area contributed by atoms with E-state index in [9.17, 15) is 8.78 Å². The Labute approximate surface area is 83.7 Å². The van der Waals surface area contributed by atoms with Gasteiger partial charge in [0, 0.05) is 12.6 Å². The fraction of sp³-hybridized carbons (Fsp3) is 1.00. The Morgan fingerprint density at radius 3 is 2.36 bits per heavy atom. The van der Waals surface area contributed by atoms with Crippen LogP contribution in [0.25, 0.3) is 0 Å². The lowest BCUT2D eigenvalue weighted by atomic mass is 9.73. The fourth-order valence-corrected chi connectivity index (χ4v) is 1.75. The van der Waals surface area contributed by atoms with E-state index in [0.29, 0.717) is 12.0 Å². The fourth-order valence-electron chi connectivity index (χ4n) is 1.75. The van der Waals surface area contributed by atoms with Crippen LogP contribution in [0.15, 0.2) is 0 Å². The van der Waals surface area contributed by atoms with Crippen molar-refractivity contribution in [3.05, 3.63) is 0 Å². The lowest BCUT2D eigenvalue weighted by Crippen LogP contribution is -2.46. The maximum atomic E-state index is 11.9. The third-order valence-electron chi connectivity index (χ3n) is 3.02. The average molecular weight is 207 g/mol. The van der Waals surface area contributed by atoms with Crippen LogP contribution in [0.5, 0.6) is 0 Å². The number of rotatable bonds is 5. The summed E-state index contributed by atoms with van der Waals surface area (Å²) in [4.78, 5) is 0. The van der Waals surface area contributed by atoms with Gasteiger partial charge in [-0.05, 0) is 24.7 Å². The summed E-state index contributed by atoms with van der Waals surface area (Å²) in [5.41, 5.74) is 0. The van der Waals surface area contributed by atoms with Crippen LogP contribution in [0.3, 0.4) is 0 Å². The highest BCUT2D eigenvalue weighted by atomic mass is 19.3. The molecule has 0 aromatic heterocycles. The summed E-state index contributed by atoms with van der Waals surface area (Å²) >= 11 is 0. The first-order valence-corrected chi connectivity index (χ1v) is 5.20. The molecule has 0 bridgehead atoms. The molecular formula is C10H19F2NO. The van der Waals surface area contributed by atoms with E-state index in [1.165, 1.54) is 0 Å².